The van der Waals surface area contributed by atoms with E-state index in [1.165, 1.54) is 33.4 Å². The maximum atomic E-state index is 11.5. The number of benzene rings is 2. The molecule has 0 atom stereocenters. The summed E-state index contributed by atoms with van der Waals surface area (Å²) in [6, 6.07) is 18.5. The molecule has 0 bridgehead atoms. The van der Waals surface area contributed by atoms with Crippen LogP contribution in [0.3, 0.4) is 0 Å². The standard InChI is InChI=1S/C32H35ClN2O2.K/c1-32(2,31(36)37)26-9-3-6-22(20-26)7-5-17-35-18-14-23(15-19-35)29-28-13-12-27(33)21-25(28)11-10-24-8-4-16-34-30(24)29;/h3-4,6,8-9,12-13,16,20-21H,5,7,10-11,14-15,17-19H2,1-2H3,(H,36,37);/q;+1/p-1. The van der Waals surface area contributed by atoms with Gasteiger partial charge in [0.15, 0.2) is 0 Å². The Bertz CT molecular complexity index is 1340. The quantitative estimate of drug-likeness (QED) is 0.441. The van der Waals surface area contributed by atoms with Gasteiger partial charge in [-0.1, -0.05) is 67.4 Å². The fraction of sp³-hybridized carbons (Fsp3) is 0.375. The Morgan fingerprint density at radius 2 is 1.76 bits per heavy atom. The number of hydrogen-bond acceptors (Lipinski definition) is 4. The number of hydrogen-bond donors (Lipinski definition) is 0. The van der Waals surface area contributed by atoms with Gasteiger partial charge in [0.25, 0.3) is 0 Å². The number of nitrogens with zero attached hydrogens (tertiary/aromatic N) is 2. The average Bonchev–Trinajstić information content (AvgIpc) is 3.06. The van der Waals surface area contributed by atoms with E-state index in [1.807, 2.05) is 36.5 Å². The normalized spacial score (nSPS) is 15.8. The summed E-state index contributed by atoms with van der Waals surface area (Å²) in [5.41, 5.74) is 8.91. The van der Waals surface area contributed by atoms with Crippen LogP contribution >= 0.6 is 11.6 Å². The molecule has 1 fully saturated rings. The number of carboxylic acids is 1. The monoisotopic (exact) mass is 552 g/mol. The number of aliphatic carboxylic acids is 1. The molecule has 4 nitrogen and oxygen atoms in total. The summed E-state index contributed by atoms with van der Waals surface area (Å²) in [6.45, 7) is 6.54. The van der Waals surface area contributed by atoms with Crippen molar-refractivity contribution in [3.63, 3.8) is 0 Å². The van der Waals surface area contributed by atoms with Crippen molar-refractivity contribution in [3.8, 4) is 0 Å². The molecule has 5 rings (SSSR count). The third-order valence-corrected chi connectivity index (χ3v) is 8.28. The number of likely N-dealkylation sites (tertiary alicyclic amines) is 1. The van der Waals surface area contributed by atoms with Crippen LogP contribution < -0.4 is 56.5 Å². The molecule has 2 aromatic carbocycles. The Morgan fingerprint density at radius 1 is 1.00 bits per heavy atom. The van der Waals surface area contributed by atoms with E-state index in [4.69, 9.17) is 16.6 Å². The molecule has 1 aromatic heterocycles. The summed E-state index contributed by atoms with van der Waals surface area (Å²) >= 11 is 6.36. The van der Waals surface area contributed by atoms with E-state index in [0.29, 0.717) is 0 Å². The Balaban J connectivity index is 0.00000336. The van der Waals surface area contributed by atoms with Crippen molar-refractivity contribution in [2.75, 3.05) is 19.6 Å². The van der Waals surface area contributed by atoms with E-state index in [1.54, 1.807) is 13.8 Å². The number of pyridine rings is 1. The first-order chi connectivity index (χ1) is 17.8. The van der Waals surface area contributed by atoms with Crippen LogP contribution in [0, 0.1) is 0 Å². The SMILES string of the molecule is CC(C)(C(=O)[O-])c1cccc(CCCN2CCC(=C3c4ccc(Cl)cc4CCc4cccnc43)CC2)c1.[K+]. The molecule has 192 valence electrons. The van der Waals surface area contributed by atoms with Gasteiger partial charge in [-0.25, -0.2) is 0 Å². The van der Waals surface area contributed by atoms with Crippen LogP contribution in [0.5, 0.6) is 0 Å². The number of halogens is 1. The Hall–Kier alpha value is -1.31. The summed E-state index contributed by atoms with van der Waals surface area (Å²) in [6.07, 6.45) is 7.96. The molecule has 3 aromatic rings. The van der Waals surface area contributed by atoms with Gasteiger partial charge in [-0.2, -0.15) is 0 Å². The maximum Gasteiger partial charge on any atom is 1.00 e. The fourth-order valence-corrected chi connectivity index (χ4v) is 5.86. The summed E-state index contributed by atoms with van der Waals surface area (Å²) < 4.78 is 0. The number of aromatic nitrogens is 1. The first kappa shape index (κ1) is 29.7. The molecule has 1 aliphatic carbocycles. The molecule has 0 radical (unpaired) electrons. The molecular weight excluding hydrogens is 519 g/mol. The van der Waals surface area contributed by atoms with Gasteiger partial charge in [-0.15, -0.1) is 0 Å². The van der Waals surface area contributed by atoms with Crippen molar-refractivity contribution in [1.29, 1.82) is 0 Å². The predicted octanol–water partition coefficient (Wildman–Crippen LogP) is 2.40. The van der Waals surface area contributed by atoms with Crippen LogP contribution in [0.15, 0.2) is 66.4 Å². The van der Waals surface area contributed by atoms with E-state index >= 15 is 0 Å². The molecule has 0 N–H and O–H groups in total. The number of carbonyl (C=O) groups is 1. The van der Waals surface area contributed by atoms with Crippen LogP contribution in [0.2, 0.25) is 5.02 Å². The minimum Gasteiger partial charge on any atom is -0.549 e. The Kier molecular flexibility index (Phi) is 10.1. The van der Waals surface area contributed by atoms with Gasteiger partial charge >= 0.3 is 51.4 Å². The molecule has 0 unspecified atom stereocenters. The summed E-state index contributed by atoms with van der Waals surface area (Å²) in [5, 5.41) is 12.3. The first-order valence-electron chi connectivity index (χ1n) is 13.3. The van der Waals surface area contributed by atoms with Crippen LogP contribution in [-0.4, -0.2) is 35.5 Å². The van der Waals surface area contributed by atoms with E-state index < -0.39 is 11.4 Å². The van der Waals surface area contributed by atoms with Gasteiger partial charge in [0.1, 0.15) is 0 Å². The van der Waals surface area contributed by atoms with Crippen molar-refractivity contribution in [2.45, 2.75) is 57.8 Å². The van der Waals surface area contributed by atoms with E-state index in [-0.39, 0.29) is 51.4 Å². The largest absolute Gasteiger partial charge is 1.00 e. The van der Waals surface area contributed by atoms with Crippen LogP contribution in [0.1, 0.15) is 66.6 Å². The van der Waals surface area contributed by atoms with Gasteiger partial charge in [-0.05, 0) is 91.1 Å². The maximum absolute atomic E-state index is 11.5. The number of carboxylic acid groups (broad SMARTS) is 1. The third kappa shape index (κ3) is 6.52. The topological polar surface area (TPSA) is 56.3 Å². The molecular formula is C32H34ClKN2O2. The zero-order valence-corrected chi connectivity index (χ0v) is 26.6. The van der Waals surface area contributed by atoms with Crippen molar-refractivity contribution in [2.24, 2.45) is 0 Å². The van der Waals surface area contributed by atoms with Crippen LogP contribution in [0.25, 0.3) is 5.57 Å². The molecule has 1 aliphatic heterocycles. The van der Waals surface area contributed by atoms with Crippen LogP contribution in [-0.2, 0) is 29.5 Å². The summed E-state index contributed by atoms with van der Waals surface area (Å²) in [4.78, 5) is 18.9. The zero-order valence-electron chi connectivity index (χ0n) is 22.7. The Labute approximate surface area is 273 Å². The van der Waals surface area contributed by atoms with E-state index in [9.17, 15) is 9.90 Å². The second-order valence-corrected chi connectivity index (χ2v) is 11.3. The number of rotatable bonds is 6. The number of fused-ring (bicyclic) bond motifs is 2. The molecule has 0 amide bonds. The number of aryl methyl sites for hydroxylation is 3. The third-order valence-electron chi connectivity index (χ3n) is 8.04. The second kappa shape index (κ2) is 12.9. The van der Waals surface area contributed by atoms with Gasteiger partial charge < -0.3 is 14.8 Å². The van der Waals surface area contributed by atoms with Crippen molar-refractivity contribution < 1.29 is 61.3 Å². The van der Waals surface area contributed by atoms with Gasteiger partial charge in [0, 0.05) is 35.3 Å². The predicted molar refractivity (Wildman–Crippen MR) is 148 cm³/mol. The fourth-order valence-electron chi connectivity index (χ4n) is 5.67. The number of piperidine rings is 1. The summed E-state index contributed by atoms with van der Waals surface area (Å²) in [7, 11) is 0. The number of carbonyl (C=O) groups excluding carboxylic acids is 1. The average molecular weight is 553 g/mol. The second-order valence-electron chi connectivity index (χ2n) is 10.8. The first-order valence-corrected chi connectivity index (χ1v) is 13.7. The smallest absolute Gasteiger partial charge is 0.549 e. The summed E-state index contributed by atoms with van der Waals surface area (Å²) in [5.74, 6) is -1.04. The van der Waals surface area contributed by atoms with Gasteiger partial charge in [0.05, 0.1) is 11.7 Å². The molecule has 6 heteroatoms. The molecule has 1 saturated heterocycles. The molecule has 2 heterocycles. The van der Waals surface area contributed by atoms with Crippen molar-refractivity contribution in [3.05, 3.63) is 105 Å². The van der Waals surface area contributed by atoms with Gasteiger partial charge in [-0.3, -0.25) is 4.98 Å². The van der Waals surface area contributed by atoms with Gasteiger partial charge in [0.2, 0.25) is 0 Å². The van der Waals surface area contributed by atoms with Crippen LogP contribution in [0.4, 0.5) is 0 Å². The molecule has 38 heavy (non-hydrogen) atoms. The minimum atomic E-state index is -1.04. The van der Waals surface area contributed by atoms with Crippen molar-refractivity contribution in [1.82, 2.24) is 9.88 Å². The van der Waals surface area contributed by atoms with E-state index in [2.05, 4.69) is 29.2 Å². The molecule has 0 spiro atoms. The van der Waals surface area contributed by atoms with E-state index in [0.717, 1.165) is 74.4 Å². The molecule has 0 saturated carbocycles. The minimum absolute atomic E-state index is 0. The van der Waals surface area contributed by atoms with Crippen molar-refractivity contribution >= 4 is 23.1 Å². The zero-order chi connectivity index (χ0) is 26.0. The Morgan fingerprint density at radius 3 is 2.53 bits per heavy atom. The molecule has 2 aliphatic rings.